The van der Waals surface area contributed by atoms with E-state index in [2.05, 4.69) is 22.6 Å². The number of nitrogens with zero attached hydrogens (tertiary/aromatic N) is 2. The topological polar surface area (TPSA) is 66.4 Å². The average Bonchev–Trinajstić information content (AvgIpc) is 3.78. The first-order valence-electron chi connectivity index (χ1n) is 12.9. The molecule has 2 saturated carbocycles. The minimum absolute atomic E-state index is 0.0296. The van der Waals surface area contributed by atoms with Crippen LogP contribution >= 0.6 is 0 Å². The first-order valence-corrected chi connectivity index (χ1v) is 12.9. The Bertz CT molecular complexity index is 1290. The van der Waals surface area contributed by atoms with Crippen LogP contribution in [0.2, 0.25) is 0 Å². The van der Waals surface area contributed by atoms with Crippen LogP contribution in [0.4, 0.5) is 27.6 Å². The van der Waals surface area contributed by atoms with E-state index < -0.39 is 47.3 Å². The molecular weight excluding hydrogens is 507 g/mol. The Morgan fingerprint density at radius 3 is 2.39 bits per heavy atom. The molecule has 1 aromatic heterocycles. The summed E-state index contributed by atoms with van der Waals surface area (Å²) in [5.74, 6) is -1.84. The molecule has 1 aromatic carbocycles. The number of anilines is 1. The third kappa shape index (κ3) is 4.69. The van der Waals surface area contributed by atoms with Crippen LogP contribution in [-0.4, -0.2) is 47.0 Å². The number of hydrogen-bond donors (Lipinski definition) is 2. The van der Waals surface area contributed by atoms with E-state index in [1.54, 1.807) is 0 Å². The first-order chi connectivity index (χ1) is 18.0. The maximum absolute atomic E-state index is 14.7. The number of aromatic nitrogens is 1. The first kappa shape index (κ1) is 26.6. The SMILES string of the molecule is CC(NC(=O)c1cn(C2(C(F)F)CC2)c(=O)cc1NC1CCN(C)C2(CC2)C1)c1cccc(C(F)F)c1F. The van der Waals surface area contributed by atoms with Crippen molar-refractivity contribution in [3.05, 3.63) is 63.3 Å². The molecule has 1 aliphatic heterocycles. The van der Waals surface area contributed by atoms with Crippen molar-refractivity contribution in [2.75, 3.05) is 18.9 Å². The molecule has 2 heterocycles. The summed E-state index contributed by atoms with van der Waals surface area (Å²) in [4.78, 5) is 28.7. The smallest absolute Gasteiger partial charge is 0.266 e. The van der Waals surface area contributed by atoms with E-state index in [0.29, 0.717) is 0 Å². The van der Waals surface area contributed by atoms with Gasteiger partial charge in [-0.15, -0.1) is 0 Å². The Kier molecular flexibility index (Phi) is 6.77. The molecule has 0 bridgehead atoms. The number of pyridine rings is 1. The molecule has 2 aliphatic carbocycles. The fourth-order valence-corrected chi connectivity index (χ4v) is 5.67. The molecule has 2 unspecified atom stereocenters. The van der Waals surface area contributed by atoms with Crippen LogP contribution < -0.4 is 16.2 Å². The summed E-state index contributed by atoms with van der Waals surface area (Å²) in [5, 5.41) is 5.91. The minimum atomic E-state index is -3.02. The number of amides is 1. The van der Waals surface area contributed by atoms with Crippen molar-refractivity contribution >= 4 is 11.6 Å². The van der Waals surface area contributed by atoms with Gasteiger partial charge in [-0.2, -0.15) is 0 Å². The van der Waals surface area contributed by atoms with Crippen molar-refractivity contribution in [1.29, 1.82) is 0 Å². The summed E-state index contributed by atoms with van der Waals surface area (Å²) in [6.07, 6.45) is -0.727. The molecule has 0 radical (unpaired) electrons. The van der Waals surface area contributed by atoms with Gasteiger partial charge in [0.1, 0.15) is 11.4 Å². The predicted octanol–water partition coefficient (Wildman–Crippen LogP) is 5.21. The van der Waals surface area contributed by atoms with Crippen LogP contribution in [0.5, 0.6) is 0 Å². The van der Waals surface area contributed by atoms with Gasteiger partial charge in [0.2, 0.25) is 0 Å². The van der Waals surface area contributed by atoms with Gasteiger partial charge in [-0.05, 0) is 52.5 Å². The van der Waals surface area contributed by atoms with Crippen molar-refractivity contribution in [2.24, 2.45) is 0 Å². The maximum atomic E-state index is 14.7. The van der Waals surface area contributed by atoms with Gasteiger partial charge < -0.3 is 20.1 Å². The highest BCUT2D eigenvalue weighted by Gasteiger charge is 2.54. The fraction of sp³-hybridized carbons (Fsp3) is 0.556. The lowest BCUT2D eigenvalue weighted by atomic mass is 9.95. The van der Waals surface area contributed by atoms with Gasteiger partial charge >= 0.3 is 0 Å². The minimum Gasteiger partial charge on any atom is -0.381 e. The van der Waals surface area contributed by atoms with Crippen LogP contribution in [0.15, 0.2) is 35.3 Å². The van der Waals surface area contributed by atoms with E-state index >= 15 is 0 Å². The van der Waals surface area contributed by atoms with Crippen LogP contribution in [0, 0.1) is 5.82 Å². The van der Waals surface area contributed by atoms with E-state index in [1.165, 1.54) is 25.1 Å². The average molecular weight is 539 g/mol. The molecule has 2 aromatic rings. The summed E-state index contributed by atoms with van der Waals surface area (Å²) in [6.45, 7) is 2.28. The highest BCUT2D eigenvalue weighted by Crippen LogP contribution is 2.49. The third-order valence-electron chi connectivity index (χ3n) is 8.49. The van der Waals surface area contributed by atoms with Crippen LogP contribution in [0.3, 0.4) is 0 Å². The van der Waals surface area contributed by atoms with E-state index in [0.717, 1.165) is 49.1 Å². The number of rotatable bonds is 8. The highest BCUT2D eigenvalue weighted by atomic mass is 19.3. The number of piperidine rings is 1. The van der Waals surface area contributed by atoms with Gasteiger partial charge in [-0.1, -0.05) is 18.2 Å². The Morgan fingerprint density at radius 2 is 1.79 bits per heavy atom. The summed E-state index contributed by atoms with van der Waals surface area (Å²) >= 11 is 0. The number of benzene rings is 1. The Morgan fingerprint density at radius 1 is 1.11 bits per heavy atom. The molecule has 1 spiro atoms. The van der Waals surface area contributed by atoms with Crippen LogP contribution in [0.25, 0.3) is 0 Å². The normalized spacial score (nSPS) is 22.5. The van der Waals surface area contributed by atoms with Crippen molar-refractivity contribution in [3.63, 3.8) is 0 Å². The lowest BCUT2D eigenvalue weighted by Gasteiger charge is -2.38. The molecule has 3 fully saturated rings. The number of halogens is 5. The molecule has 1 saturated heterocycles. The van der Waals surface area contributed by atoms with E-state index in [-0.39, 0.29) is 41.2 Å². The Labute approximate surface area is 217 Å². The van der Waals surface area contributed by atoms with Crippen LogP contribution in [-0.2, 0) is 5.54 Å². The summed E-state index contributed by atoms with van der Waals surface area (Å²) in [6, 6.07) is 3.70. The molecule has 5 rings (SSSR count). The standard InChI is InChI=1S/C27H31F5N4O2/c1-15(17-4-3-5-18(22(17)28)23(29)30)33-24(38)19-14-36(27(9-10-27)25(31)32)21(37)12-20(19)34-16-6-11-35(2)26(13-16)7-8-26/h3-5,12,14-16,23,25,34H,6-11,13H2,1-2H3,(H,33,38). The quantitative estimate of drug-likeness (QED) is 0.453. The molecular formula is C27H31F5N4O2. The molecule has 3 aliphatic rings. The van der Waals surface area contributed by atoms with Gasteiger partial charge in [-0.25, -0.2) is 22.0 Å². The summed E-state index contributed by atoms with van der Waals surface area (Å²) in [7, 11) is 2.08. The molecule has 38 heavy (non-hydrogen) atoms. The second-order valence-corrected chi connectivity index (χ2v) is 10.9. The van der Waals surface area contributed by atoms with Crippen molar-refractivity contribution in [1.82, 2.24) is 14.8 Å². The zero-order chi connectivity index (χ0) is 27.4. The zero-order valence-electron chi connectivity index (χ0n) is 21.2. The van der Waals surface area contributed by atoms with Crippen molar-refractivity contribution < 1.29 is 26.7 Å². The summed E-state index contributed by atoms with van der Waals surface area (Å²) < 4.78 is 69.8. The molecule has 2 atom stereocenters. The molecule has 6 nitrogen and oxygen atoms in total. The number of nitrogens with one attached hydrogen (secondary N) is 2. The molecule has 206 valence electrons. The zero-order valence-corrected chi connectivity index (χ0v) is 21.2. The van der Waals surface area contributed by atoms with Gasteiger partial charge in [0.05, 0.1) is 22.9 Å². The molecule has 2 N–H and O–H groups in total. The van der Waals surface area contributed by atoms with Crippen molar-refractivity contribution in [3.8, 4) is 0 Å². The second kappa shape index (κ2) is 9.66. The lowest BCUT2D eigenvalue weighted by molar-refractivity contribution is 0.0648. The fourth-order valence-electron chi connectivity index (χ4n) is 5.67. The molecule has 1 amide bonds. The molecule has 11 heteroatoms. The van der Waals surface area contributed by atoms with E-state index in [9.17, 15) is 31.5 Å². The van der Waals surface area contributed by atoms with Gasteiger partial charge in [0.25, 0.3) is 24.3 Å². The Hall–Kier alpha value is -2.95. The van der Waals surface area contributed by atoms with Crippen LogP contribution in [0.1, 0.15) is 79.4 Å². The number of hydrogen-bond acceptors (Lipinski definition) is 4. The predicted molar refractivity (Wildman–Crippen MR) is 132 cm³/mol. The maximum Gasteiger partial charge on any atom is 0.266 e. The van der Waals surface area contributed by atoms with Gasteiger partial charge in [0, 0.05) is 36.0 Å². The number of carbonyl (C=O) groups is 1. The second-order valence-electron chi connectivity index (χ2n) is 10.9. The van der Waals surface area contributed by atoms with Gasteiger partial charge in [-0.3, -0.25) is 9.59 Å². The number of likely N-dealkylation sites (tertiary alicyclic amines) is 1. The van der Waals surface area contributed by atoms with E-state index in [4.69, 9.17) is 0 Å². The highest BCUT2D eigenvalue weighted by molar-refractivity contribution is 5.99. The number of alkyl halides is 4. The van der Waals surface area contributed by atoms with Crippen molar-refractivity contribution in [2.45, 2.75) is 81.5 Å². The monoisotopic (exact) mass is 538 g/mol. The Balaban J connectivity index is 1.46. The third-order valence-corrected chi connectivity index (χ3v) is 8.49. The lowest BCUT2D eigenvalue weighted by Crippen LogP contribution is -2.46. The largest absolute Gasteiger partial charge is 0.381 e. The number of carbonyl (C=O) groups excluding carboxylic acids is 1. The van der Waals surface area contributed by atoms with E-state index in [1.807, 2.05) is 0 Å². The summed E-state index contributed by atoms with van der Waals surface area (Å²) in [5.41, 5.74) is -2.91. The van der Waals surface area contributed by atoms with Gasteiger partial charge in [0.15, 0.2) is 0 Å².